The van der Waals surface area contributed by atoms with Crippen molar-refractivity contribution in [1.29, 1.82) is 0 Å². The van der Waals surface area contributed by atoms with Crippen molar-refractivity contribution < 1.29 is 9.90 Å². The van der Waals surface area contributed by atoms with Gasteiger partial charge in [-0.15, -0.1) is 0 Å². The number of aliphatic carboxylic acids is 1. The maximum Gasteiger partial charge on any atom is 0.330 e. The van der Waals surface area contributed by atoms with Gasteiger partial charge < -0.3 is 15.4 Å². The summed E-state index contributed by atoms with van der Waals surface area (Å²) < 4.78 is 5.16. The number of carbonyl (C=O) groups is 1. The second-order valence-corrected chi connectivity index (χ2v) is 8.34. The van der Waals surface area contributed by atoms with Crippen molar-refractivity contribution in [2.24, 2.45) is 12.8 Å². The fourth-order valence-electron chi connectivity index (χ4n) is 4.73. The third kappa shape index (κ3) is 3.96. The van der Waals surface area contributed by atoms with Crippen LogP contribution in [0.15, 0.2) is 72.2 Å². The zero-order valence-electron chi connectivity index (χ0n) is 19.3. The number of carboxylic acid groups (broad SMARTS) is 1. The van der Waals surface area contributed by atoms with Crippen molar-refractivity contribution in [2.45, 2.75) is 25.9 Å². The average molecular weight is 457 g/mol. The maximum atomic E-state index is 13.9. The van der Waals surface area contributed by atoms with Crippen molar-refractivity contribution in [2.75, 3.05) is 0 Å². The number of aromatic nitrogens is 3. The van der Waals surface area contributed by atoms with Gasteiger partial charge >= 0.3 is 11.7 Å². The monoisotopic (exact) mass is 456 g/mol. The minimum Gasteiger partial charge on any atom is -0.481 e. The van der Waals surface area contributed by atoms with Gasteiger partial charge in [0.05, 0.1) is 29.7 Å². The highest BCUT2D eigenvalue weighted by molar-refractivity contribution is 5.87. The van der Waals surface area contributed by atoms with E-state index in [-0.39, 0.29) is 12.1 Å². The molecule has 0 saturated heterocycles. The van der Waals surface area contributed by atoms with E-state index in [9.17, 15) is 14.7 Å². The van der Waals surface area contributed by atoms with Gasteiger partial charge in [-0.05, 0) is 35.8 Å². The third-order valence-corrected chi connectivity index (χ3v) is 6.18. The molecule has 4 aromatic rings. The van der Waals surface area contributed by atoms with E-state index in [1.807, 2.05) is 73.3 Å². The van der Waals surface area contributed by atoms with Crippen LogP contribution in [-0.2, 0) is 18.4 Å². The topological polar surface area (TPSA) is 95.2 Å². The molecule has 34 heavy (non-hydrogen) atoms. The zero-order chi connectivity index (χ0) is 24.4. The molecule has 0 aliphatic carbocycles. The first-order chi connectivity index (χ1) is 16.4. The molecule has 0 fully saturated rings. The summed E-state index contributed by atoms with van der Waals surface area (Å²) in [6.07, 6.45) is 6.44. The molecule has 4 rings (SSSR count). The predicted molar refractivity (Wildman–Crippen MR) is 135 cm³/mol. The van der Waals surface area contributed by atoms with E-state index in [0.29, 0.717) is 17.2 Å². The Labute approximate surface area is 197 Å². The molecule has 0 aliphatic rings. The predicted octanol–water partition coefficient (Wildman–Crippen LogP) is 2.23. The van der Waals surface area contributed by atoms with Crippen LogP contribution in [0.5, 0.6) is 0 Å². The second-order valence-electron chi connectivity index (χ2n) is 8.34. The number of rotatable bonds is 7. The number of carboxylic acids is 1. The first-order valence-corrected chi connectivity index (χ1v) is 11.0. The molecule has 7 nitrogen and oxygen atoms in total. The molecule has 0 saturated carbocycles. The quantitative estimate of drug-likeness (QED) is 0.446. The minimum atomic E-state index is -0.999. The molecule has 3 N–H and O–H groups in total. The summed E-state index contributed by atoms with van der Waals surface area (Å²) in [6, 6.07) is 14.6. The molecule has 0 aliphatic heterocycles. The molecule has 0 bridgehead atoms. The first kappa shape index (κ1) is 22.9. The molecular formula is C27H28N4O3. The van der Waals surface area contributed by atoms with Crippen molar-refractivity contribution in [3.63, 3.8) is 0 Å². The highest BCUT2D eigenvalue weighted by atomic mass is 16.4. The number of nitrogens with two attached hydrogens (primary N) is 1. The highest BCUT2D eigenvalue weighted by Crippen LogP contribution is 2.24. The average Bonchev–Trinajstić information content (AvgIpc) is 3.27. The number of hydrogen-bond donors (Lipinski definition) is 2. The van der Waals surface area contributed by atoms with Crippen molar-refractivity contribution in [3.8, 4) is 0 Å². The van der Waals surface area contributed by atoms with Crippen LogP contribution in [0.2, 0.25) is 0 Å². The maximum absolute atomic E-state index is 13.9. The molecule has 1 atom stereocenters. The SMILES string of the molecule is C=C/C=c1\c(=C/N)n(Cc2cn(C)c3cccc(C)c23)c(=O)n1[C@H](CC(=O)O)c1ccccc1. The molecule has 174 valence electrons. The van der Waals surface area contributed by atoms with Gasteiger partial charge in [0.25, 0.3) is 0 Å². The summed E-state index contributed by atoms with van der Waals surface area (Å²) in [5, 5.41) is 11.8. The molecule has 0 unspecified atom stereocenters. The van der Waals surface area contributed by atoms with Crippen LogP contribution in [-0.4, -0.2) is 24.8 Å². The molecule has 2 aromatic heterocycles. The molecule has 2 aromatic carbocycles. The van der Waals surface area contributed by atoms with E-state index in [2.05, 4.69) is 6.58 Å². The van der Waals surface area contributed by atoms with Crippen molar-refractivity contribution >= 4 is 29.1 Å². The molecule has 0 amide bonds. The number of aryl methyl sites for hydroxylation is 2. The molecule has 2 heterocycles. The first-order valence-electron chi connectivity index (χ1n) is 11.0. The number of fused-ring (bicyclic) bond motifs is 1. The zero-order valence-corrected chi connectivity index (χ0v) is 19.3. The largest absolute Gasteiger partial charge is 0.481 e. The molecular weight excluding hydrogens is 428 g/mol. The summed E-state index contributed by atoms with van der Waals surface area (Å²) >= 11 is 0. The summed E-state index contributed by atoms with van der Waals surface area (Å²) in [5.41, 5.74) is 9.61. The highest BCUT2D eigenvalue weighted by Gasteiger charge is 2.23. The van der Waals surface area contributed by atoms with Gasteiger partial charge in [-0.25, -0.2) is 4.79 Å². The lowest BCUT2D eigenvalue weighted by Gasteiger charge is -2.17. The van der Waals surface area contributed by atoms with Crippen LogP contribution >= 0.6 is 0 Å². The Morgan fingerprint density at radius 3 is 2.53 bits per heavy atom. The van der Waals surface area contributed by atoms with Crippen LogP contribution in [0.4, 0.5) is 0 Å². The fraction of sp³-hybridized carbons (Fsp3) is 0.185. The summed E-state index contributed by atoms with van der Waals surface area (Å²) in [4.78, 5) is 25.7. The van der Waals surface area contributed by atoms with E-state index in [1.165, 1.54) is 10.8 Å². The van der Waals surface area contributed by atoms with Crippen molar-refractivity contribution in [3.05, 3.63) is 105 Å². The van der Waals surface area contributed by atoms with Gasteiger partial charge in [-0.1, -0.05) is 55.1 Å². The van der Waals surface area contributed by atoms with E-state index in [4.69, 9.17) is 5.73 Å². The number of allylic oxidation sites excluding steroid dienone is 1. The Bertz CT molecular complexity index is 1560. The Balaban J connectivity index is 2.00. The lowest BCUT2D eigenvalue weighted by molar-refractivity contribution is -0.137. The van der Waals surface area contributed by atoms with E-state index >= 15 is 0 Å². The van der Waals surface area contributed by atoms with E-state index < -0.39 is 12.0 Å². The molecule has 0 spiro atoms. The smallest absolute Gasteiger partial charge is 0.330 e. The molecule has 0 radical (unpaired) electrons. The van der Waals surface area contributed by atoms with Crippen LogP contribution in [0.1, 0.15) is 29.2 Å². The fourth-order valence-corrected chi connectivity index (χ4v) is 4.73. The number of nitrogens with zero attached hydrogens (tertiary/aromatic N) is 3. The Hall–Kier alpha value is -4.26. The summed E-state index contributed by atoms with van der Waals surface area (Å²) in [5.74, 6) is -0.999. The van der Waals surface area contributed by atoms with Crippen molar-refractivity contribution in [1.82, 2.24) is 13.7 Å². The van der Waals surface area contributed by atoms with Gasteiger partial charge in [-0.3, -0.25) is 13.9 Å². The summed E-state index contributed by atoms with van der Waals surface area (Å²) in [6.45, 7) is 6.13. The van der Waals surface area contributed by atoms with Gasteiger partial charge in [0.2, 0.25) is 0 Å². The summed E-state index contributed by atoms with van der Waals surface area (Å²) in [7, 11) is 1.98. The van der Waals surface area contributed by atoms with E-state index in [0.717, 1.165) is 27.6 Å². The van der Waals surface area contributed by atoms with Crippen LogP contribution in [0.3, 0.4) is 0 Å². The standard InChI is InChI=1S/C27H28N4O3/c1-4-9-21-24(15-28)30(17-20-16-29(3)22-13-8-10-18(2)26(20)22)27(34)31(21)23(14-25(32)33)19-11-6-5-7-12-19/h4-13,15-16,23H,1,14,17,28H2,2-3H3,(H,32,33)/b21-9+,24-15+/t23-/m1/s1. The van der Waals surface area contributed by atoms with Gasteiger partial charge in [-0.2, -0.15) is 0 Å². The lowest BCUT2D eigenvalue weighted by Crippen LogP contribution is -2.37. The molecule has 7 heteroatoms. The van der Waals surface area contributed by atoms with Gasteiger partial charge in [0.1, 0.15) is 0 Å². The number of imidazole rings is 1. The second kappa shape index (κ2) is 9.31. The minimum absolute atomic E-state index is 0.247. The normalized spacial score (nSPS) is 13.5. The number of benzene rings is 2. The van der Waals surface area contributed by atoms with Crippen LogP contribution in [0.25, 0.3) is 23.2 Å². The lowest BCUT2D eigenvalue weighted by atomic mass is 10.0. The Morgan fingerprint density at radius 1 is 1.15 bits per heavy atom. The van der Waals surface area contributed by atoms with Gasteiger partial charge in [0.15, 0.2) is 0 Å². The van der Waals surface area contributed by atoms with Crippen LogP contribution in [0, 0.1) is 6.92 Å². The van der Waals surface area contributed by atoms with Gasteiger partial charge in [0, 0.05) is 30.3 Å². The Morgan fingerprint density at radius 2 is 1.88 bits per heavy atom. The van der Waals surface area contributed by atoms with Crippen LogP contribution < -0.4 is 22.1 Å². The van der Waals surface area contributed by atoms with E-state index in [1.54, 1.807) is 16.7 Å². The third-order valence-electron chi connectivity index (χ3n) is 6.18. The Kier molecular flexibility index (Phi) is 6.27. The number of hydrogen-bond acceptors (Lipinski definition) is 3.